The van der Waals surface area contributed by atoms with Gasteiger partial charge in [-0.15, -0.1) is 0 Å². The lowest BCUT2D eigenvalue weighted by atomic mass is 10.2. The fraction of sp³-hybridized carbons (Fsp3) is 0.0714. The third kappa shape index (κ3) is 2.75. The summed E-state index contributed by atoms with van der Waals surface area (Å²) in [6.45, 7) is 0. The maximum Gasteiger partial charge on any atom is 0.258 e. The second-order valence-corrected chi connectivity index (χ2v) is 5.32. The molecule has 0 bridgehead atoms. The molecule has 0 fully saturated rings. The highest BCUT2D eigenvalue weighted by atomic mass is 32.2. The Bertz CT molecular complexity index is 946. The maximum atomic E-state index is 12.0. The first kappa shape index (κ1) is 14.0. The number of benzene rings is 1. The molecule has 3 rings (SSSR count). The number of hydrogen-bond donors (Lipinski definition) is 2. The van der Waals surface area contributed by atoms with Crippen molar-refractivity contribution < 1.29 is 0 Å². The van der Waals surface area contributed by atoms with Crippen molar-refractivity contribution in [2.45, 2.75) is 10.9 Å². The number of fused-ring (bicyclic) bond motifs is 1. The van der Waals surface area contributed by atoms with Crippen LogP contribution in [0.2, 0.25) is 0 Å². The van der Waals surface area contributed by atoms with Crippen LogP contribution in [0, 0.1) is 11.3 Å². The minimum absolute atomic E-state index is 0.139. The number of para-hydroxylation sites is 1. The molecule has 108 valence electrons. The molecule has 3 N–H and O–H groups in total. The molecule has 0 spiro atoms. The standard InChI is InChI=1S/C14H10N6OS/c15-5-8-6-17-14(20-12(8)16)22-7-11-18-10-4-2-1-3-9(10)13(21)19-11/h1-4,6H,7H2,(H2,16,17,20)(H,18,19,21). The van der Waals surface area contributed by atoms with Crippen LogP contribution in [0.5, 0.6) is 0 Å². The van der Waals surface area contributed by atoms with Crippen LogP contribution in [0.4, 0.5) is 5.82 Å². The van der Waals surface area contributed by atoms with Gasteiger partial charge in [-0.2, -0.15) is 5.26 Å². The first-order valence-corrected chi connectivity index (χ1v) is 7.29. The maximum absolute atomic E-state index is 12.0. The van der Waals surface area contributed by atoms with Crippen LogP contribution in [0.1, 0.15) is 11.4 Å². The summed E-state index contributed by atoms with van der Waals surface area (Å²) < 4.78 is 0. The van der Waals surface area contributed by atoms with Crippen molar-refractivity contribution in [2.24, 2.45) is 0 Å². The van der Waals surface area contributed by atoms with E-state index in [1.807, 2.05) is 12.1 Å². The van der Waals surface area contributed by atoms with Crippen molar-refractivity contribution in [2.75, 3.05) is 5.73 Å². The second kappa shape index (κ2) is 5.83. The number of nitrogen functional groups attached to an aromatic ring is 1. The number of nitriles is 1. The Morgan fingerprint density at radius 2 is 2.14 bits per heavy atom. The summed E-state index contributed by atoms with van der Waals surface area (Å²) >= 11 is 1.28. The Hall–Kier alpha value is -2.92. The lowest BCUT2D eigenvalue weighted by molar-refractivity contribution is 0.961. The second-order valence-electron chi connectivity index (χ2n) is 4.38. The number of hydrogen-bond acceptors (Lipinski definition) is 7. The molecule has 8 heteroatoms. The first-order valence-electron chi connectivity index (χ1n) is 6.31. The number of thioether (sulfide) groups is 1. The summed E-state index contributed by atoms with van der Waals surface area (Å²) in [6, 6.07) is 9.04. The Morgan fingerprint density at radius 1 is 1.32 bits per heavy atom. The lowest BCUT2D eigenvalue weighted by Crippen LogP contribution is -2.11. The summed E-state index contributed by atoms with van der Waals surface area (Å²) in [5.74, 6) is 1.06. The summed E-state index contributed by atoms with van der Waals surface area (Å²) in [5.41, 5.74) is 6.34. The Morgan fingerprint density at radius 3 is 2.91 bits per heavy atom. The SMILES string of the molecule is N#Cc1cnc(SCc2nc3ccccc3c(=O)[nH]2)nc1N. The highest BCUT2D eigenvalue weighted by Crippen LogP contribution is 2.19. The molecule has 2 heterocycles. The van der Waals surface area contributed by atoms with Crippen molar-refractivity contribution in [3.63, 3.8) is 0 Å². The first-order chi connectivity index (χ1) is 10.7. The Kier molecular flexibility index (Phi) is 3.72. The minimum Gasteiger partial charge on any atom is -0.382 e. The summed E-state index contributed by atoms with van der Waals surface area (Å²) in [7, 11) is 0. The van der Waals surface area contributed by atoms with Gasteiger partial charge in [0.2, 0.25) is 0 Å². The molecular weight excluding hydrogens is 300 g/mol. The van der Waals surface area contributed by atoms with Crippen LogP contribution in [0.3, 0.4) is 0 Å². The molecule has 0 radical (unpaired) electrons. The van der Waals surface area contributed by atoms with Crippen LogP contribution in [0.25, 0.3) is 10.9 Å². The highest BCUT2D eigenvalue weighted by Gasteiger charge is 2.07. The van der Waals surface area contributed by atoms with Gasteiger partial charge in [0.1, 0.15) is 23.3 Å². The number of aromatic amines is 1. The van der Waals surface area contributed by atoms with Crippen molar-refractivity contribution in [1.29, 1.82) is 5.26 Å². The lowest BCUT2D eigenvalue weighted by Gasteiger charge is -2.03. The zero-order chi connectivity index (χ0) is 15.5. The molecule has 0 amide bonds. The zero-order valence-corrected chi connectivity index (χ0v) is 12.1. The van der Waals surface area contributed by atoms with Crippen molar-refractivity contribution in [3.05, 3.63) is 52.2 Å². The largest absolute Gasteiger partial charge is 0.382 e. The van der Waals surface area contributed by atoms with E-state index < -0.39 is 0 Å². The predicted octanol–water partition coefficient (Wildman–Crippen LogP) is 1.46. The smallest absolute Gasteiger partial charge is 0.258 e. The normalized spacial score (nSPS) is 10.5. The van der Waals surface area contributed by atoms with E-state index in [9.17, 15) is 4.79 Å². The number of nitrogens with one attached hydrogen (secondary N) is 1. The molecule has 3 aromatic rings. The quantitative estimate of drug-likeness (QED) is 0.554. The molecule has 0 aliphatic heterocycles. The monoisotopic (exact) mass is 310 g/mol. The van der Waals surface area contributed by atoms with Crippen molar-refractivity contribution in [1.82, 2.24) is 19.9 Å². The van der Waals surface area contributed by atoms with Crippen LogP contribution < -0.4 is 11.3 Å². The Labute approximate surface area is 129 Å². The third-order valence-corrected chi connectivity index (χ3v) is 3.79. The fourth-order valence-electron chi connectivity index (χ4n) is 1.87. The molecule has 1 aromatic carbocycles. The van der Waals surface area contributed by atoms with Gasteiger partial charge < -0.3 is 10.7 Å². The minimum atomic E-state index is -0.179. The van der Waals surface area contributed by atoms with Gasteiger partial charge in [-0.25, -0.2) is 15.0 Å². The average molecular weight is 310 g/mol. The zero-order valence-electron chi connectivity index (χ0n) is 11.3. The van der Waals surface area contributed by atoms with E-state index in [0.717, 1.165) is 0 Å². The summed E-state index contributed by atoms with van der Waals surface area (Å²) in [4.78, 5) is 27.2. The van der Waals surface area contributed by atoms with Crippen molar-refractivity contribution in [3.8, 4) is 6.07 Å². The van der Waals surface area contributed by atoms with E-state index in [1.165, 1.54) is 18.0 Å². The number of nitrogens with zero attached hydrogens (tertiary/aromatic N) is 4. The molecule has 22 heavy (non-hydrogen) atoms. The molecule has 0 unspecified atom stereocenters. The number of rotatable bonds is 3. The van der Waals surface area contributed by atoms with Gasteiger partial charge in [-0.05, 0) is 12.1 Å². The van der Waals surface area contributed by atoms with Gasteiger partial charge >= 0.3 is 0 Å². The number of aromatic nitrogens is 4. The molecule has 0 atom stereocenters. The van der Waals surface area contributed by atoms with Gasteiger partial charge in [0.15, 0.2) is 5.16 Å². The molecular formula is C14H10N6OS. The van der Waals surface area contributed by atoms with Crippen LogP contribution in [0.15, 0.2) is 40.4 Å². The summed E-state index contributed by atoms with van der Waals surface area (Å²) in [6.07, 6.45) is 1.38. The van der Waals surface area contributed by atoms with E-state index in [0.29, 0.717) is 27.6 Å². The van der Waals surface area contributed by atoms with Crippen LogP contribution in [-0.2, 0) is 5.75 Å². The topological polar surface area (TPSA) is 121 Å². The van der Waals surface area contributed by atoms with Crippen LogP contribution in [-0.4, -0.2) is 19.9 Å². The molecule has 7 nitrogen and oxygen atoms in total. The van der Waals surface area contributed by atoms with Gasteiger partial charge in [0.25, 0.3) is 5.56 Å². The van der Waals surface area contributed by atoms with Gasteiger partial charge in [-0.1, -0.05) is 23.9 Å². The average Bonchev–Trinajstić information content (AvgIpc) is 2.53. The molecule has 2 aromatic heterocycles. The van der Waals surface area contributed by atoms with E-state index in [4.69, 9.17) is 11.0 Å². The Balaban J connectivity index is 1.84. The van der Waals surface area contributed by atoms with E-state index in [2.05, 4.69) is 19.9 Å². The van der Waals surface area contributed by atoms with Gasteiger partial charge in [0.05, 0.1) is 22.9 Å². The number of H-pyrrole nitrogens is 1. The van der Waals surface area contributed by atoms with E-state index in [1.54, 1.807) is 18.2 Å². The molecule has 0 saturated heterocycles. The van der Waals surface area contributed by atoms with E-state index >= 15 is 0 Å². The number of nitrogens with two attached hydrogens (primary N) is 1. The highest BCUT2D eigenvalue weighted by molar-refractivity contribution is 7.98. The molecule has 0 aliphatic carbocycles. The third-order valence-electron chi connectivity index (χ3n) is 2.92. The van der Waals surface area contributed by atoms with Gasteiger partial charge in [-0.3, -0.25) is 4.79 Å². The summed E-state index contributed by atoms with van der Waals surface area (Å²) in [5, 5.41) is 9.76. The fourth-order valence-corrected chi connectivity index (χ4v) is 2.56. The molecule has 0 aliphatic rings. The van der Waals surface area contributed by atoms with Crippen molar-refractivity contribution >= 4 is 28.5 Å². The van der Waals surface area contributed by atoms with E-state index in [-0.39, 0.29) is 16.9 Å². The molecule has 0 saturated carbocycles. The number of anilines is 1. The predicted molar refractivity (Wildman–Crippen MR) is 83.1 cm³/mol. The van der Waals surface area contributed by atoms with Crippen LogP contribution >= 0.6 is 11.8 Å². The van der Waals surface area contributed by atoms with Gasteiger partial charge in [0, 0.05) is 0 Å².